The lowest BCUT2D eigenvalue weighted by Gasteiger charge is -2.39. The van der Waals surface area contributed by atoms with Crippen LogP contribution in [0.5, 0.6) is 0 Å². The number of hydrogen-bond donors (Lipinski definition) is 1. The molecule has 0 radical (unpaired) electrons. The molecule has 1 rings (SSSR count). The fraction of sp³-hybridized carbons (Fsp3) is 1.00. The van der Waals surface area contributed by atoms with Crippen molar-refractivity contribution in [2.45, 2.75) is 58.8 Å². The van der Waals surface area contributed by atoms with Crippen molar-refractivity contribution in [2.24, 2.45) is 5.41 Å². The van der Waals surface area contributed by atoms with Crippen LogP contribution in [-0.2, 0) is 0 Å². The van der Waals surface area contributed by atoms with Crippen LogP contribution in [0.25, 0.3) is 0 Å². The SMILES string of the molecule is CCCC(CS)(CCC)CN1CCCCC1. The Morgan fingerprint density at radius 2 is 1.56 bits per heavy atom. The van der Waals surface area contributed by atoms with E-state index >= 15 is 0 Å². The lowest BCUT2D eigenvalue weighted by atomic mass is 9.80. The van der Waals surface area contributed by atoms with E-state index in [9.17, 15) is 0 Å². The van der Waals surface area contributed by atoms with E-state index in [1.54, 1.807) is 0 Å². The second-order valence-electron chi connectivity index (χ2n) is 5.49. The van der Waals surface area contributed by atoms with Crippen LogP contribution < -0.4 is 0 Å². The van der Waals surface area contributed by atoms with Crippen LogP contribution in [0.3, 0.4) is 0 Å². The summed E-state index contributed by atoms with van der Waals surface area (Å²) in [5.74, 6) is 1.06. The van der Waals surface area contributed by atoms with Gasteiger partial charge in [-0.05, 0) is 49.9 Å². The fourth-order valence-electron chi connectivity index (χ4n) is 3.14. The average Bonchev–Trinajstić information content (AvgIpc) is 2.31. The molecule has 1 aliphatic rings. The number of likely N-dealkylation sites (tertiary alicyclic amines) is 1. The molecular formula is C14H29NS. The van der Waals surface area contributed by atoms with Gasteiger partial charge in [0, 0.05) is 6.54 Å². The van der Waals surface area contributed by atoms with Gasteiger partial charge in [0.25, 0.3) is 0 Å². The van der Waals surface area contributed by atoms with Crippen molar-refractivity contribution in [3.8, 4) is 0 Å². The van der Waals surface area contributed by atoms with Gasteiger partial charge in [0.05, 0.1) is 0 Å². The van der Waals surface area contributed by atoms with Crippen LogP contribution in [0.2, 0.25) is 0 Å². The summed E-state index contributed by atoms with van der Waals surface area (Å²) in [5, 5.41) is 0. The maximum atomic E-state index is 4.64. The number of piperidine rings is 1. The van der Waals surface area contributed by atoms with Gasteiger partial charge in [0.1, 0.15) is 0 Å². The largest absolute Gasteiger partial charge is 0.303 e. The third kappa shape index (κ3) is 4.29. The quantitative estimate of drug-likeness (QED) is 0.662. The summed E-state index contributed by atoms with van der Waals surface area (Å²) in [4.78, 5) is 2.69. The van der Waals surface area contributed by atoms with Crippen LogP contribution in [-0.4, -0.2) is 30.3 Å². The smallest absolute Gasteiger partial charge is 0.00458 e. The van der Waals surface area contributed by atoms with Gasteiger partial charge in [-0.1, -0.05) is 33.1 Å². The highest BCUT2D eigenvalue weighted by atomic mass is 32.1. The first-order valence-electron chi connectivity index (χ1n) is 7.09. The van der Waals surface area contributed by atoms with E-state index in [0.717, 1.165) is 5.75 Å². The van der Waals surface area contributed by atoms with Crippen LogP contribution in [0.4, 0.5) is 0 Å². The van der Waals surface area contributed by atoms with Gasteiger partial charge >= 0.3 is 0 Å². The van der Waals surface area contributed by atoms with Gasteiger partial charge in [-0.25, -0.2) is 0 Å². The average molecular weight is 243 g/mol. The molecule has 1 saturated heterocycles. The molecule has 0 atom stereocenters. The normalized spacial score (nSPS) is 18.9. The Hall–Kier alpha value is 0.310. The Morgan fingerprint density at radius 1 is 1.00 bits per heavy atom. The van der Waals surface area contributed by atoms with Crippen LogP contribution in [0.1, 0.15) is 58.8 Å². The zero-order valence-corrected chi connectivity index (χ0v) is 12.1. The summed E-state index contributed by atoms with van der Waals surface area (Å²) in [6.07, 6.45) is 9.54. The minimum absolute atomic E-state index is 0.490. The van der Waals surface area contributed by atoms with E-state index < -0.39 is 0 Å². The first kappa shape index (κ1) is 14.4. The Kier molecular flexibility index (Phi) is 6.83. The molecule has 0 spiro atoms. The number of nitrogens with zero attached hydrogens (tertiary/aromatic N) is 1. The maximum absolute atomic E-state index is 4.64. The molecule has 1 heterocycles. The van der Waals surface area contributed by atoms with Crippen molar-refractivity contribution < 1.29 is 0 Å². The summed E-state index contributed by atoms with van der Waals surface area (Å²) in [5.41, 5.74) is 0.490. The molecule has 16 heavy (non-hydrogen) atoms. The van der Waals surface area contributed by atoms with Crippen molar-refractivity contribution in [1.82, 2.24) is 4.90 Å². The molecule has 1 nitrogen and oxygen atoms in total. The second-order valence-corrected chi connectivity index (χ2v) is 5.81. The molecule has 0 aromatic rings. The van der Waals surface area contributed by atoms with E-state index in [4.69, 9.17) is 0 Å². The van der Waals surface area contributed by atoms with E-state index in [1.165, 1.54) is 64.6 Å². The molecule has 2 heteroatoms. The fourth-order valence-corrected chi connectivity index (χ4v) is 3.56. The molecule has 0 saturated carbocycles. The monoisotopic (exact) mass is 243 g/mol. The molecule has 96 valence electrons. The first-order chi connectivity index (χ1) is 7.76. The Labute approximate surface area is 107 Å². The summed E-state index contributed by atoms with van der Waals surface area (Å²) in [7, 11) is 0. The van der Waals surface area contributed by atoms with Crippen molar-refractivity contribution in [2.75, 3.05) is 25.4 Å². The molecule has 0 aromatic carbocycles. The number of rotatable bonds is 7. The highest BCUT2D eigenvalue weighted by molar-refractivity contribution is 7.80. The third-order valence-electron chi connectivity index (χ3n) is 3.90. The molecule has 0 aliphatic carbocycles. The predicted molar refractivity (Wildman–Crippen MR) is 76.4 cm³/mol. The summed E-state index contributed by atoms with van der Waals surface area (Å²) in [6.45, 7) is 8.55. The van der Waals surface area contributed by atoms with Gasteiger partial charge in [0.2, 0.25) is 0 Å². The van der Waals surface area contributed by atoms with Crippen molar-refractivity contribution in [3.63, 3.8) is 0 Å². The highest BCUT2D eigenvalue weighted by Crippen LogP contribution is 2.33. The zero-order valence-electron chi connectivity index (χ0n) is 11.2. The van der Waals surface area contributed by atoms with Crippen molar-refractivity contribution in [1.29, 1.82) is 0 Å². The summed E-state index contributed by atoms with van der Waals surface area (Å²) < 4.78 is 0. The van der Waals surface area contributed by atoms with Gasteiger partial charge in [-0.15, -0.1) is 0 Å². The van der Waals surface area contributed by atoms with Gasteiger partial charge < -0.3 is 4.90 Å². The Morgan fingerprint density at radius 3 is 2.00 bits per heavy atom. The predicted octanol–water partition coefficient (Wildman–Crippen LogP) is 3.99. The van der Waals surface area contributed by atoms with E-state index in [0.29, 0.717) is 5.41 Å². The molecule has 0 N–H and O–H groups in total. The standard InChI is InChI=1S/C14H29NS/c1-3-8-14(13-16,9-4-2)12-15-10-6-5-7-11-15/h16H,3-13H2,1-2H3. The third-order valence-corrected chi connectivity index (χ3v) is 4.57. The number of hydrogen-bond acceptors (Lipinski definition) is 2. The first-order valence-corrected chi connectivity index (χ1v) is 7.73. The Balaban J connectivity index is 2.52. The molecular weight excluding hydrogens is 214 g/mol. The van der Waals surface area contributed by atoms with Gasteiger partial charge in [-0.2, -0.15) is 12.6 Å². The van der Waals surface area contributed by atoms with Crippen LogP contribution >= 0.6 is 12.6 Å². The van der Waals surface area contributed by atoms with Crippen LogP contribution in [0.15, 0.2) is 0 Å². The lowest BCUT2D eigenvalue weighted by Crippen LogP contribution is -2.41. The molecule has 0 amide bonds. The maximum Gasteiger partial charge on any atom is 0.00458 e. The van der Waals surface area contributed by atoms with E-state index in [-0.39, 0.29) is 0 Å². The van der Waals surface area contributed by atoms with E-state index in [1.807, 2.05) is 0 Å². The Bertz CT molecular complexity index is 170. The van der Waals surface area contributed by atoms with Crippen LogP contribution in [0, 0.1) is 5.41 Å². The minimum atomic E-state index is 0.490. The van der Waals surface area contributed by atoms with Crippen molar-refractivity contribution in [3.05, 3.63) is 0 Å². The summed E-state index contributed by atoms with van der Waals surface area (Å²) in [6, 6.07) is 0. The topological polar surface area (TPSA) is 3.24 Å². The highest BCUT2D eigenvalue weighted by Gasteiger charge is 2.29. The zero-order chi connectivity index (χ0) is 11.9. The molecule has 1 aliphatic heterocycles. The van der Waals surface area contributed by atoms with Gasteiger partial charge in [-0.3, -0.25) is 0 Å². The minimum Gasteiger partial charge on any atom is -0.303 e. The van der Waals surface area contributed by atoms with Gasteiger partial charge in [0.15, 0.2) is 0 Å². The van der Waals surface area contributed by atoms with E-state index in [2.05, 4.69) is 31.4 Å². The second kappa shape index (κ2) is 7.60. The lowest BCUT2D eigenvalue weighted by molar-refractivity contribution is 0.127. The van der Waals surface area contributed by atoms with Crippen molar-refractivity contribution >= 4 is 12.6 Å². The molecule has 0 aromatic heterocycles. The molecule has 0 unspecified atom stereocenters. The number of thiol groups is 1. The summed E-state index contributed by atoms with van der Waals surface area (Å²) >= 11 is 4.64. The molecule has 0 bridgehead atoms. The molecule has 1 fully saturated rings.